The van der Waals surface area contributed by atoms with Crippen LogP contribution in [0.1, 0.15) is 96.8 Å². The number of hydrogen-bond acceptors (Lipinski definition) is 7. The van der Waals surface area contributed by atoms with E-state index >= 15 is 0 Å². The third-order valence-corrected chi connectivity index (χ3v) is 9.60. The van der Waals surface area contributed by atoms with E-state index in [1.54, 1.807) is 0 Å². The summed E-state index contributed by atoms with van der Waals surface area (Å²) in [6.07, 6.45) is 15.4. The third kappa shape index (κ3) is 7.05. The molecule has 6 atom stereocenters. The summed E-state index contributed by atoms with van der Waals surface area (Å²) in [5, 5.41) is 0. The molecular formula is C29H45BrO7. The van der Waals surface area contributed by atoms with Gasteiger partial charge in [0.25, 0.3) is 0 Å². The lowest BCUT2D eigenvalue weighted by Gasteiger charge is -2.39. The average molecular weight is 586 g/mol. The molecule has 8 heteroatoms. The van der Waals surface area contributed by atoms with Gasteiger partial charge in [-0.05, 0) is 92.6 Å². The van der Waals surface area contributed by atoms with Crippen LogP contribution in [-0.4, -0.2) is 68.2 Å². The maximum absolute atomic E-state index is 12.9. The molecule has 0 aromatic heterocycles. The van der Waals surface area contributed by atoms with Crippen LogP contribution >= 0.6 is 15.9 Å². The third-order valence-electron chi connectivity index (χ3n) is 8.90. The second kappa shape index (κ2) is 12.9. The summed E-state index contributed by atoms with van der Waals surface area (Å²) < 4.78 is 37.5. The number of Topliss-reactive ketones (excluding diaryl/α,β-unsaturated/α-hetero) is 1. The Kier molecular flexibility index (Phi) is 9.81. The first-order valence-electron chi connectivity index (χ1n) is 14.7. The number of halogens is 1. The van der Waals surface area contributed by atoms with Crippen molar-refractivity contribution in [3.63, 3.8) is 0 Å². The molecule has 0 bridgehead atoms. The highest BCUT2D eigenvalue weighted by Crippen LogP contribution is 2.57. The molecule has 0 radical (unpaired) electrons. The van der Waals surface area contributed by atoms with Crippen molar-refractivity contribution >= 4 is 21.7 Å². The van der Waals surface area contributed by atoms with Crippen LogP contribution in [0.2, 0.25) is 0 Å². The Hall–Kier alpha value is -0.350. The second-order valence-electron chi connectivity index (χ2n) is 11.7. The first-order chi connectivity index (χ1) is 18.0. The Morgan fingerprint density at radius 3 is 2.68 bits per heavy atom. The van der Waals surface area contributed by atoms with Gasteiger partial charge in [-0.1, -0.05) is 12.8 Å². The second-order valence-corrected chi connectivity index (χ2v) is 12.6. The van der Waals surface area contributed by atoms with Crippen LogP contribution in [-0.2, 0) is 33.2 Å². The number of fused-ring (bicyclic) bond motifs is 1. The average Bonchev–Trinajstić information content (AvgIpc) is 3.58. The van der Waals surface area contributed by atoms with Gasteiger partial charge in [0.05, 0.1) is 35.5 Å². The van der Waals surface area contributed by atoms with Gasteiger partial charge in [-0.2, -0.15) is 0 Å². The molecular weight excluding hydrogens is 540 g/mol. The molecule has 3 saturated heterocycles. The van der Waals surface area contributed by atoms with Crippen molar-refractivity contribution in [2.75, 3.05) is 26.4 Å². The van der Waals surface area contributed by atoms with Gasteiger partial charge in [0.2, 0.25) is 0 Å². The Balaban J connectivity index is 1.10. The lowest BCUT2D eigenvalue weighted by molar-refractivity contribution is -0.193. The van der Waals surface area contributed by atoms with Crippen LogP contribution in [0, 0.1) is 5.92 Å². The number of ether oxygens (including phenoxy) is 6. The Morgan fingerprint density at radius 1 is 1.03 bits per heavy atom. The minimum atomic E-state index is -0.450. The first kappa shape index (κ1) is 28.2. The Bertz CT molecular complexity index is 791. The van der Waals surface area contributed by atoms with Gasteiger partial charge >= 0.3 is 0 Å². The monoisotopic (exact) mass is 584 g/mol. The highest BCUT2D eigenvalue weighted by atomic mass is 79.9. The predicted octanol–water partition coefficient (Wildman–Crippen LogP) is 5.97. The number of carbonyl (C=O) groups is 1. The summed E-state index contributed by atoms with van der Waals surface area (Å²) in [7, 11) is 0. The lowest BCUT2D eigenvalue weighted by Crippen LogP contribution is -2.45. The number of carbonyl (C=O) groups excluding carboxylic acids is 1. The Morgan fingerprint density at radius 2 is 1.86 bits per heavy atom. The molecule has 3 heterocycles. The van der Waals surface area contributed by atoms with Gasteiger partial charge in [-0.15, -0.1) is 0 Å². The predicted molar refractivity (Wildman–Crippen MR) is 142 cm³/mol. The number of allylic oxidation sites excluding steroid dienone is 1. The molecule has 5 rings (SSSR count). The Labute approximate surface area is 230 Å². The molecule has 3 aliphatic heterocycles. The summed E-state index contributed by atoms with van der Waals surface area (Å²) in [4.78, 5) is 12.9. The van der Waals surface area contributed by atoms with E-state index < -0.39 is 5.79 Å². The zero-order chi connectivity index (χ0) is 25.7. The van der Waals surface area contributed by atoms with Crippen molar-refractivity contribution < 1.29 is 33.2 Å². The molecule has 2 saturated carbocycles. The van der Waals surface area contributed by atoms with E-state index in [9.17, 15) is 4.79 Å². The van der Waals surface area contributed by atoms with Crippen molar-refractivity contribution in [3.8, 4) is 0 Å². The molecule has 0 N–H and O–H groups in total. The lowest BCUT2D eigenvalue weighted by atomic mass is 9.93. The van der Waals surface area contributed by atoms with Crippen LogP contribution < -0.4 is 0 Å². The minimum Gasteiger partial charge on any atom is -0.371 e. The fraction of sp³-hybridized carbons (Fsp3) is 0.897. The molecule has 1 spiro atoms. The number of ketones is 1. The maximum Gasteiger partial charge on any atom is 0.171 e. The molecule has 0 aromatic carbocycles. The van der Waals surface area contributed by atoms with Gasteiger partial charge in [0, 0.05) is 32.5 Å². The summed E-state index contributed by atoms with van der Waals surface area (Å²) in [5.74, 6) is 0.147. The SMILES string of the molecule is CC(CCCCC(=O)C(Br)=C[C@@H]1OCCC[C@H]1O[C@]12CCC[C@@H]1CC1(C2)OCCO1)OC1CCCCO1. The molecule has 0 amide bonds. The smallest absolute Gasteiger partial charge is 0.171 e. The normalized spacial score (nSPS) is 36.6. The van der Waals surface area contributed by atoms with E-state index in [2.05, 4.69) is 22.9 Å². The van der Waals surface area contributed by atoms with Gasteiger partial charge in [0.1, 0.15) is 6.10 Å². The van der Waals surface area contributed by atoms with E-state index in [0.717, 1.165) is 70.8 Å². The largest absolute Gasteiger partial charge is 0.371 e. The van der Waals surface area contributed by atoms with Crippen molar-refractivity contribution in [2.24, 2.45) is 5.92 Å². The number of rotatable bonds is 11. The molecule has 210 valence electrons. The van der Waals surface area contributed by atoms with Crippen molar-refractivity contribution in [1.29, 1.82) is 0 Å². The summed E-state index contributed by atoms with van der Waals surface area (Å²) in [6, 6.07) is 0. The van der Waals surface area contributed by atoms with Gasteiger partial charge in [-0.3, -0.25) is 4.79 Å². The maximum atomic E-state index is 12.9. The van der Waals surface area contributed by atoms with Crippen molar-refractivity contribution in [1.82, 2.24) is 0 Å². The van der Waals surface area contributed by atoms with Crippen LogP contribution in [0.15, 0.2) is 10.6 Å². The summed E-state index contributed by atoms with van der Waals surface area (Å²) in [5.41, 5.74) is -0.195. The zero-order valence-corrected chi connectivity index (χ0v) is 24.0. The quantitative estimate of drug-likeness (QED) is 0.219. The van der Waals surface area contributed by atoms with E-state index in [4.69, 9.17) is 28.4 Å². The minimum absolute atomic E-state index is 0.0498. The molecule has 5 fully saturated rings. The highest BCUT2D eigenvalue weighted by molar-refractivity contribution is 9.12. The van der Waals surface area contributed by atoms with E-state index in [1.807, 2.05) is 6.08 Å². The van der Waals surface area contributed by atoms with E-state index in [1.165, 1.54) is 19.3 Å². The van der Waals surface area contributed by atoms with Gasteiger partial charge in [0.15, 0.2) is 17.9 Å². The van der Waals surface area contributed by atoms with E-state index in [0.29, 0.717) is 36.6 Å². The summed E-state index contributed by atoms with van der Waals surface area (Å²) >= 11 is 3.56. The fourth-order valence-corrected chi connectivity index (χ4v) is 7.49. The number of unbranched alkanes of at least 4 members (excludes halogenated alkanes) is 1. The molecule has 5 aliphatic rings. The van der Waals surface area contributed by atoms with Crippen LogP contribution in [0.5, 0.6) is 0 Å². The first-order valence-corrected chi connectivity index (χ1v) is 15.5. The van der Waals surface area contributed by atoms with Crippen molar-refractivity contribution in [3.05, 3.63) is 10.6 Å². The summed E-state index contributed by atoms with van der Waals surface area (Å²) in [6.45, 7) is 4.95. The van der Waals surface area contributed by atoms with Crippen LogP contribution in [0.25, 0.3) is 0 Å². The van der Waals surface area contributed by atoms with Gasteiger partial charge in [-0.25, -0.2) is 0 Å². The zero-order valence-electron chi connectivity index (χ0n) is 22.4. The highest BCUT2D eigenvalue weighted by Gasteiger charge is 2.61. The fourth-order valence-electron chi connectivity index (χ4n) is 7.03. The molecule has 2 aliphatic carbocycles. The molecule has 37 heavy (non-hydrogen) atoms. The molecule has 0 aromatic rings. The number of hydrogen-bond donors (Lipinski definition) is 0. The van der Waals surface area contributed by atoms with Crippen LogP contribution in [0.4, 0.5) is 0 Å². The van der Waals surface area contributed by atoms with E-state index in [-0.39, 0.29) is 36.0 Å². The molecule has 2 unspecified atom stereocenters. The topological polar surface area (TPSA) is 72.5 Å². The van der Waals surface area contributed by atoms with Crippen molar-refractivity contribution in [2.45, 2.75) is 133 Å². The standard InChI is InChI=1S/C29H45BrO7/c1-21(36-27-12-4-5-14-33-27)8-2-3-10-24(31)23(30)18-26-25(11-7-15-32-26)37-28-13-6-9-22(28)19-29(20-28)34-16-17-35-29/h18,21-22,25-27H,2-17,19-20H2,1H3/t21?,22-,25-,26+,27?,28+/m1/s1. The molecule has 7 nitrogen and oxygen atoms in total. The van der Waals surface area contributed by atoms with Crippen LogP contribution in [0.3, 0.4) is 0 Å². The van der Waals surface area contributed by atoms with Gasteiger partial charge < -0.3 is 28.4 Å².